The van der Waals surface area contributed by atoms with Crippen LogP contribution in [0.2, 0.25) is 0 Å². The second kappa shape index (κ2) is 7.09. The summed E-state index contributed by atoms with van der Waals surface area (Å²) in [5.74, 6) is 0. The molecule has 1 aromatic rings. The maximum atomic E-state index is 11.9. The van der Waals surface area contributed by atoms with E-state index in [1.165, 1.54) is 6.07 Å². The van der Waals surface area contributed by atoms with Gasteiger partial charge < -0.3 is 20.3 Å². The molecule has 1 aromatic heterocycles. The first kappa shape index (κ1) is 16.2. The summed E-state index contributed by atoms with van der Waals surface area (Å²) >= 11 is 0. The number of urea groups is 1. The fraction of sp³-hybridized carbons (Fsp3) is 0.571. The molecular weight excluding hydrogens is 258 g/mol. The molecule has 0 aliphatic carbocycles. The van der Waals surface area contributed by atoms with Gasteiger partial charge in [0.05, 0.1) is 17.8 Å². The Balaban J connectivity index is 2.76. The lowest BCUT2D eigenvalue weighted by Gasteiger charge is -2.27. The number of anilines is 1. The van der Waals surface area contributed by atoms with Crippen molar-refractivity contribution < 1.29 is 9.90 Å². The van der Waals surface area contributed by atoms with Gasteiger partial charge in [-0.25, -0.2) is 4.79 Å². The summed E-state index contributed by atoms with van der Waals surface area (Å²) in [6.45, 7) is 6.11. The fourth-order valence-electron chi connectivity index (χ4n) is 1.70. The minimum Gasteiger partial charge on any atom is -0.394 e. The third-order valence-electron chi connectivity index (χ3n) is 3.25. The Labute approximate surface area is 118 Å². The molecule has 0 unspecified atom stereocenters. The Morgan fingerprint density at radius 2 is 2.10 bits per heavy atom. The Bertz CT molecular complexity index is 507. The molecule has 1 heterocycles. The zero-order chi connectivity index (χ0) is 15.2. The molecule has 6 heteroatoms. The molecule has 0 saturated heterocycles. The summed E-state index contributed by atoms with van der Waals surface area (Å²) in [6.07, 6.45) is 3.08. The molecule has 0 radical (unpaired) electrons. The molecule has 0 aliphatic rings. The zero-order valence-corrected chi connectivity index (χ0v) is 12.3. The van der Waals surface area contributed by atoms with Gasteiger partial charge in [-0.2, -0.15) is 0 Å². The minimum absolute atomic E-state index is 0.0911. The van der Waals surface area contributed by atoms with Gasteiger partial charge in [0.15, 0.2) is 0 Å². The SMILES string of the molecule is CCCn1cc(NC(=O)N[C@](C)(CC)CO)ccc1=O. The average molecular weight is 281 g/mol. The highest BCUT2D eigenvalue weighted by molar-refractivity contribution is 5.89. The van der Waals surface area contributed by atoms with Crippen molar-refractivity contribution in [2.45, 2.75) is 45.7 Å². The molecule has 112 valence electrons. The number of aryl methyl sites for hydroxylation is 1. The number of aliphatic hydroxyl groups excluding tert-OH is 1. The predicted molar refractivity (Wildman–Crippen MR) is 78.9 cm³/mol. The number of amides is 2. The number of aliphatic hydroxyl groups is 1. The van der Waals surface area contributed by atoms with Crippen molar-refractivity contribution in [2.24, 2.45) is 0 Å². The summed E-state index contributed by atoms with van der Waals surface area (Å²) in [5.41, 5.74) is -0.194. The second-order valence-electron chi connectivity index (χ2n) is 5.10. The van der Waals surface area contributed by atoms with Crippen LogP contribution in [0.4, 0.5) is 10.5 Å². The van der Waals surface area contributed by atoms with E-state index in [1.54, 1.807) is 23.8 Å². The molecule has 0 aliphatic heterocycles. The summed E-state index contributed by atoms with van der Waals surface area (Å²) < 4.78 is 1.56. The predicted octanol–water partition coefficient (Wildman–Crippen LogP) is 1.54. The third kappa shape index (κ3) is 4.38. The normalized spacial score (nSPS) is 13.6. The smallest absolute Gasteiger partial charge is 0.319 e. The fourth-order valence-corrected chi connectivity index (χ4v) is 1.70. The van der Waals surface area contributed by atoms with E-state index in [1.807, 2.05) is 13.8 Å². The van der Waals surface area contributed by atoms with E-state index in [9.17, 15) is 14.7 Å². The number of aromatic nitrogens is 1. The lowest BCUT2D eigenvalue weighted by atomic mass is 10.0. The van der Waals surface area contributed by atoms with Gasteiger partial charge in [0.25, 0.3) is 5.56 Å². The van der Waals surface area contributed by atoms with E-state index >= 15 is 0 Å². The molecular formula is C14H23N3O3. The van der Waals surface area contributed by atoms with E-state index in [-0.39, 0.29) is 12.2 Å². The highest BCUT2D eigenvalue weighted by Crippen LogP contribution is 2.09. The summed E-state index contributed by atoms with van der Waals surface area (Å²) in [7, 11) is 0. The van der Waals surface area contributed by atoms with Crippen molar-refractivity contribution >= 4 is 11.7 Å². The number of rotatable bonds is 6. The van der Waals surface area contributed by atoms with Crippen LogP contribution in [0.5, 0.6) is 0 Å². The standard InChI is InChI=1S/C14H23N3O3/c1-4-8-17-9-11(6-7-12(17)19)15-13(20)16-14(3,5-2)10-18/h6-7,9,18H,4-5,8,10H2,1-3H3,(H2,15,16,20)/t14-/m1/s1. The van der Waals surface area contributed by atoms with Crippen LogP contribution >= 0.6 is 0 Å². The van der Waals surface area contributed by atoms with Gasteiger partial charge in [-0.3, -0.25) is 4.79 Å². The van der Waals surface area contributed by atoms with Gasteiger partial charge in [-0.1, -0.05) is 13.8 Å². The van der Waals surface area contributed by atoms with Gasteiger partial charge in [-0.05, 0) is 25.8 Å². The molecule has 0 spiro atoms. The lowest BCUT2D eigenvalue weighted by molar-refractivity contribution is 0.172. The van der Waals surface area contributed by atoms with E-state index < -0.39 is 11.6 Å². The number of hydrogen-bond acceptors (Lipinski definition) is 3. The molecule has 0 aromatic carbocycles. The molecule has 6 nitrogen and oxygen atoms in total. The van der Waals surface area contributed by atoms with Crippen molar-refractivity contribution in [3.63, 3.8) is 0 Å². The van der Waals surface area contributed by atoms with Gasteiger partial charge in [0, 0.05) is 18.8 Å². The van der Waals surface area contributed by atoms with Crippen molar-refractivity contribution in [3.8, 4) is 0 Å². The highest BCUT2D eigenvalue weighted by Gasteiger charge is 2.23. The number of carbonyl (C=O) groups excluding carboxylic acids is 1. The van der Waals surface area contributed by atoms with E-state index in [0.717, 1.165) is 6.42 Å². The first-order chi connectivity index (χ1) is 9.44. The van der Waals surface area contributed by atoms with E-state index in [0.29, 0.717) is 18.7 Å². The van der Waals surface area contributed by atoms with Crippen LogP contribution in [0.1, 0.15) is 33.6 Å². The summed E-state index contributed by atoms with van der Waals surface area (Å²) in [4.78, 5) is 23.4. The topological polar surface area (TPSA) is 83.4 Å². The van der Waals surface area contributed by atoms with Crippen molar-refractivity contribution in [2.75, 3.05) is 11.9 Å². The maximum Gasteiger partial charge on any atom is 0.319 e. The molecule has 20 heavy (non-hydrogen) atoms. The van der Waals surface area contributed by atoms with Gasteiger partial charge in [0.1, 0.15) is 0 Å². The Morgan fingerprint density at radius 1 is 1.40 bits per heavy atom. The van der Waals surface area contributed by atoms with Crippen LogP contribution in [0.3, 0.4) is 0 Å². The van der Waals surface area contributed by atoms with E-state index in [4.69, 9.17) is 0 Å². The molecule has 3 N–H and O–H groups in total. The molecule has 0 saturated carbocycles. The number of nitrogens with one attached hydrogen (secondary N) is 2. The van der Waals surface area contributed by atoms with E-state index in [2.05, 4.69) is 10.6 Å². The Kier molecular flexibility index (Phi) is 5.76. The highest BCUT2D eigenvalue weighted by atomic mass is 16.3. The first-order valence-electron chi connectivity index (χ1n) is 6.84. The van der Waals surface area contributed by atoms with Crippen LogP contribution in [0, 0.1) is 0 Å². The summed E-state index contributed by atoms with van der Waals surface area (Å²) in [5, 5.41) is 14.7. The Hall–Kier alpha value is -1.82. The number of hydrogen-bond donors (Lipinski definition) is 3. The third-order valence-corrected chi connectivity index (χ3v) is 3.25. The van der Waals surface area contributed by atoms with Crippen LogP contribution in [-0.4, -0.2) is 27.9 Å². The van der Waals surface area contributed by atoms with Crippen LogP contribution in [0.25, 0.3) is 0 Å². The van der Waals surface area contributed by atoms with Crippen LogP contribution in [-0.2, 0) is 6.54 Å². The second-order valence-corrected chi connectivity index (χ2v) is 5.10. The van der Waals surface area contributed by atoms with Crippen LogP contribution < -0.4 is 16.2 Å². The number of pyridine rings is 1. The van der Waals surface area contributed by atoms with Gasteiger partial charge >= 0.3 is 6.03 Å². The quantitative estimate of drug-likeness (QED) is 0.739. The molecule has 1 atom stereocenters. The minimum atomic E-state index is -0.651. The van der Waals surface area contributed by atoms with Gasteiger partial charge in [0.2, 0.25) is 0 Å². The Morgan fingerprint density at radius 3 is 2.65 bits per heavy atom. The van der Waals surface area contributed by atoms with Crippen molar-refractivity contribution in [1.82, 2.24) is 9.88 Å². The monoisotopic (exact) mass is 281 g/mol. The molecule has 0 fully saturated rings. The maximum absolute atomic E-state index is 11.9. The largest absolute Gasteiger partial charge is 0.394 e. The zero-order valence-electron chi connectivity index (χ0n) is 12.3. The average Bonchev–Trinajstić information content (AvgIpc) is 2.42. The number of nitrogens with zero attached hydrogens (tertiary/aromatic N) is 1. The van der Waals surface area contributed by atoms with Crippen molar-refractivity contribution in [1.29, 1.82) is 0 Å². The molecule has 2 amide bonds. The lowest BCUT2D eigenvalue weighted by Crippen LogP contribution is -2.50. The molecule has 0 bridgehead atoms. The number of carbonyl (C=O) groups is 1. The van der Waals surface area contributed by atoms with Crippen LogP contribution in [0.15, 0.2) is 23.1 Å². The summed E-state index contributed by atoms with van der Waals surface area (Å²) in [6, 6.07) is 2.59. The first-order valence-corrected chi connectivity index (χ1v) is 6.84. The van der Waals surface area contributed by atoms with Gasteiger partial charge in [-0.15, -0.1) is 0 Å². The molecule has 1 rings (SSSR count). The van der Waals surface area contributed by atoms with Crippen molar-refractivity contribution in [3.05, 3.63) is 28.7 Å².